The molecular formula is C21H18ClN3O3. The number of fused-ring (bicyclic) bond motifs is 1. The van der Waals surface area contributed by atoms with Crippen LogP contribution in [0.15, 0.2) is 65.2 Å². The van der Waals surface area contributed by atoms with E-state index in [0.29, 0.717) is 10.8 Å². The average Bonchev–Trinajstić information content (AvgIpc) is 3.31. The van der Waals surface area contributed by atoms with Crippen molar-refractivity contribution in [3.05, 3.63) is 83.0 Å². The average molecular weight is 396 g/mol. The first-order valence-corrected chi connectivity index (χ1v) is 9.13. The van der Waals surface area contributed by atoms with Gasteiger partial charge in [0.25, 0.3) is 5.91 Å². The van der Waals surface area contributed by atoms with Gasteiger partial charge in [-0.25, -0.2) is 0 Å². The van der Waals surface area contributed by atoms with E-state index >= 15 is 0 Å². The second-order valence-electron chi connectivity index (χ2n) is 6.28. The monoisotopic (exact) mass is 395 g/mol. The molecule has 0 saturated carbocycles. The lowest BCUT2D eigenvalue weighted by atomic mass is 10.1. The fraction of sp³-hybridized carbons (Fsp3) is 0.143. The third-order valence-electron chi connectivity index (χ3n) is 4.43. The Bertz CT molecular complexity index is 1110. The normalized spacial score (nSPS) is 10.9. The standard InChI is InChI=1S/C21H18ClN3O3/c1-25-18(17(22)11-24-25)12-23-21(26)20-10-9-15(28-20)13-27-19-8-4-6-14-5-2-3-7-16(14)19/h2-11H,12-13H2,1H3,(H,23,26). The number of furan rings is 1. The summed E-state index contributed by atoms with van der Waals surface area (Å²) in [5, 5.41) is 9.46. The molecule has 0 saturated heterocycles. The summed E-state index contributed by atoms with van der Waals surface area (Å²) >= 11 is 6.04. The van der Waals surface area contributed by atoms with Crippen LogP contribution >= 0.6 is 11.6 Å². The molecule has 6 nitrogen and oxygen atoms in total. The van der Waals surface area contributed by atoms with Crippen molar-refractivity contribution >= 4 is 28.3 Å². The highest BCUT2D eigenvalue weighted by Crippen LogP contribution is 2.26. The van der Waals surface area contributed by atoms with E-state index in [1.54, 1.807) is 30.1 Å². The van der Waals surface area contributed by atoms with Gasteiger partial charge in [-0.2, -0.15) is 5.10 Å². The molecule has 142 valence electrons. The molecule has 1 N–H and O–H groups in total. The highest BCUT2D eigenvalue weighted by molar-refractivity contribution is 6.31. The smallest absolute Gasteiger partial charge is 0.287 e. The zero-order valence-corrected chi connectivity index (χ0v) is 15.9. The van der Waals surface area contributed by atoms with Crippen molar-refractivity contribution in [3.63, 3.8) is 0 Å². The van der Waals surface area contributed by atoms with Crippen LogP contribution in [0.5, 0.6) is 5.75 Å². The number of rotatable bonds is 6. The van der Waals surface area contributed by atoms with Crippen molar-refractivity contribution in [1.29, 1.82) is 0 Å². The van der Waals surface area contributed by atoms with Crippen molar-refractivity contribution in [1.82, 2.24) is 15.1 Å². The van der Waals surface area contributed by atoms with Gasteiger partial charge >= 0.3 is 0 Å². The summed E-state index contributed by atoms with van der Waals surface area (Å²) in [6, 6.07) is 17.3. The second kappa shape index (κ2) is 7.78. The number of nitrogens with one attached hydrogen (secondary N) is 1. The summed E-state index contributed by atoms with van der Waals surface area (Å²) in [6.45, 7) is 0.492. The van der Waals surface area contributed by atoms with Gasteiger partial charge in [0.15, 0.2) is 5.76 Å². The Hall–Kier alpha value is -3.25. The molecule has 0 aliphatic heterocycles. The topological polar surface area (TPSA) is 69.3 Å². The Morgan fingerprint density at radius 2 is 2.00 bits per heavy atom. The van der Waals surface area contributed by atoms with Crippen LogP contribution in [0.1, 0.15) is 22.0 Å². The van der Waals surface area contributed by atoms with Gasteiger partial charge in [-0.15, -0.1) is 0 Å². The summed E-state index contributed by atoms with van der Waals surface area (Å²) in [5.74, 6) is 1.23. The number of halogens is 1. The van der Waals surface area contributed by atoms with E-state index in [9.17, 15) is 4.79 Å². The van der Waals surface area contributed by atoms with Gasteiger partial charge in [-0.05, 0) is 23.6 Å². The molecule has 4 aromatic rings. The molecule has 0 aliphatic rings. The summed E-state index contributed by atoms with van der Waals surface area (Å²) in [7, 11) is 1.77. The number of ether oxygens (including phenoxy) is 1. The zero-order valence-electron chi connectivity index (χ0n) is 15.2. The first kappa shape index (κ1) is 18.1. The Labute approximate surface area is 166 Å². The van der Waals surface area contributed by atoms with E-state index in [1.165, 1.54) is 0 Å². The molecule has 0 radical (unpaired) electrons. The minimum Gasteiger partial charge on any atom is -0.485 e. The van der Waals surface area contributed by atoms with Crippen molar-refractivity contribution in [2.24, 2.45) is 7.05 Å². The lowest BCUT2D eigenvalue weighted by molar-refractivity contribution is 0.0918. The maximum absolute atomic E-state index is 12.3. The molecule has 2 aromatic carbocycles. The zero-order chi connectivity index (χ0) is 19.5. The Morgan fingerprint density at radius 3 is 2.82 bits per heavy atom. The van der Waals surface area contributed by atoms with E-state index < -0.39 is 0 Å². The summed E-state index contributed by atoms with van der Waals surface area (Å²) in [5.41, 5.74) is 0.723. The largest absolute Gasteiger partial charge is 0.485 e. The number of hydrogen-bond donors (Lipinski definition) is 1. The van der Waals surface area contributed by atoms with Crippen LogP contribution in [0.3, 0.4) is 0 Å². The molecular weight excluding hydrogens is 378 g/mol. The molecule has 0 fully saturated rings. The molecule has 0 atom stereocenters. The molecule has 7 heteroatoms. The second-order valence-corrected chi connectivity index (χ2v) is 6.68. The van der Waals surface area contributed by atoms with Crippen LogP contribution in [0.4, 0.5) is 0 Å². The van der Waals surface area contributed by atoms with E-state index in [4.69, 9.17) is 20.8 Å². The number of aromatic nitrogens is 2. The Morgan fingerprint density at radius 1 is 1.18 bits per heavy atom. The minimum absolute atomic E-state index is 0.217. The van der Waals surface area contributed by atoms with Crippen molar-refractivity contribution in [2.75, 3.05) is 0 Å². The molecule has 0 unspecified atom stereocenters. The Balaban J connectivity index is 1.39. The van der Waals surface area contributed by atoms with E-state index in [1.807, 2.05) is 42.5 Å². The highest BCUT2D eigenvalue weighted by Gasteiger charge is 2.14. The molecule has 1 amide bonds. The number of nitrogens with zero attached hydrogens (tertiary/aromatic N) is 2. The first-order valence-electron chi connectivity index (χ1n) is 8.75. The number of carbonyl (C=O) groups excluding carboxylic acids is 1. The van der Waals surface area contributed by atoms with Crippen molar-refractivity contribution in [2.45, 2.75) is 13.2 Å². The van der Waals surface area contributed by atoms with E-state index in [0.717, 1.165) is 22.2 Å². The fourth-order valence-electron chi connectivity index (χ4n) is 2.93. The quantitative estimate of drug-likeness (QED) is 0.527. The van der Waals surface area contributed by atoms with Crippen molar-refractivity contribution in [3.8, 4) is 5.75 Å². The van der Waals surface area contributed by atoms with Crippen LogP contribution in [-0.2, 0) is 20.2 Å². The predicted octanol–water partition coefficient (Wildman–Crippen LogP) is 4.33. The maximum atomic E-state index is 12.3. The highest BCUT2D eigenvalue weighted by atomic mass is 35.5. The fourth-order valence-corrected chi connectivity index (χ4v) is 3.17. The van der Waals surface area contributed by atoms with Gasteiger partial charge in [0.1, 0.15) is 18.1 Å². The van der Waals surface area contributed by atoms with E-state index in [-0.39, 0.29) is 24.8 Å². The lowest BCUT2D eigenvalue weighted by Gasteiger charge is -2.08. The van der Waals surface area contributed by atoms with Gasteiger partial charge < -0.3 is 14.5 Å². The van der Waals surface area contributed by atoms with Crippen LogP contribution in [-0.4, -0.2) is 15.7 Å². The Kier molecular flexibility index (Phi) is 5.04. The van der Waals surface area contributed by atoms with Gasteiger partial charge in [0, 0.05) is 12.4 Å². The summed E-state index contributed by atoms with van der Waals surface area (Å²) in [4.78, 5) is 12.3. The SMILES string of the molecule is Cn1ncc(Cl)c1CNC(=O)c1ccc(COc2cccc3ccccc23)o1. The van der Waals surface area contributed by atoms with Crippen LogP contribution in [0.2, 0.25) is 5.02 Å². The van der Waals surface area contributed by atoms with Gasteiger partial charge in [-0.3, -0.25) is 9.48 Å². The predicted molar refractivity (Wildman–Crippen MR) is 106 cm³/mol. The summed E-state index contributed by atoms with van der Waals surface area (Å²) in [6.07, 6.45) is 1.54. The third-order valence-corrected chi connectivity index (χ3v) is 4.75. The molecule has 2 aromatic heterocycles. The maximum Gasteiger partial charge on any atom is 0.287 e. The van der Waals surface area contributed by atoms with Crippen LogP contribution in [0.25, 0.3) is 10.8 Å². The van der Waals surface area contributed by atoms with Crippen LogP contribution < -0.4 is 10.1 Å². The van der Waals surface area contributed by atoms with Crippen LogP contribution in [0, 0.1) is 0 Å². The number of aryl methyl sites for hydroxylation is 1. The van der Waals surface area contributed by atoms with Crippen molar-refractivity contribution < 1.29 is 13.9 Å². The summed E-state index contributed by atoms with van der Waals surface area (Å²) < 4.78 is 13.1. The molecule has 0 spiro atoms. The molecule has 4 rings (SSSR count). The van der Waals surface area contributed by atoms with E-state index in [2.05, 4.69) is 10.4 Å². The molecule has 2 heterocycles. The molecule has 28 heavy (non-hydrogen) atoms. The number of benzene rings is 2. The molecule has 0 bridgehead atoms. The van der Waals surface area contributed by atoms with Gasteiger partial charge in [-0.1, -0.05) is 48.0 Å². The van der Waals surface area contributed by atoms with Gasteiger partial charge in [0.2, 0.25) is 0 Å². The third kappa shape index (κ3) is 3.73. The minimum atomic E-state index is -0.325. The first-order chi connectivity index (χ1) is 13.6. The molecule has 0 aliphatic carbocycles. The lowest BCUT2D eigenvalue weighted by Crippen LogP contribution is -2.23. The van der Waals surface area contributed by atoms with Gasteiger partial charge in [0.05, 0.1) is 23.5 Å². The number of amides is 1. The number of hydrogen-bond acceptors (Lipinski definition) is 4. The number of carbonyl (C=O) groups is 1.